The van der Waals surface area contributed by atoms with Gasteiger partial charge in [-0.25, -0.2) is 4.79 Å². The molecule has 0 bridgehead atoms. The molecule has 0 aliphatic heterocycles. The van der Waals surface area contributed by atoms with E-state index in [1.54, 1.807) is 42.5 Å². The Labute approximate surface area is 179 Å². The van der Waals surface area contributed by atoms with Gasteiger partial charge in [0.15, 0.2) is 18.1 Å². The van der Waals surface area contributed by atoms with Crippen LogP contribution in [0, 0.1) is 5.92 Å². The molecule has 1 heterocycles. The molecule has 0 saturated heterocycles. The minimum Gasteiger partial charge on any atom is -0.490 e. The van der Waals surface area contributed by atoms with Gasteiger partial charge in [-0.05, 0) is 55.3 Å². The second-order valence-electron chi connectivity index (χ2n) is 6.88. The van der Waals surface area contributed by atoms with Gasteiger partial charge in [-0.1, -0.05) is 25.4 Å². The third-order valence-corrected chi connectivity index (χ3v) is 4.19. The lowest BCUT2D eigenvalue weighted by Gasteiger charge is -2.14. The van der Waals surface area contributed by atoms with Crippen LogP contribution in [0.4, 0.5) is 0 Å². The van der Waals surface area contributed by atoms with Crippen LogP contribution in [-0.2, 0) is 11.3 Å². The Morgan fingerprint density at radius 2 is 1.83 bits per heavy atom. The monoisotopic (exact) mass is 430 g/mol. The molecule has 3 rings (SSSR count). The van der Waals surface area contributed by atoms with Gasteiger partial charge >= 0.3 is 5.97 Å². The number of hydrogen-bond donors (Lipinski definition) is 0. The smallest absolute Gasteiger partial charge is 0.338 e. The quantitative estimate of drug-likeness (QED) is 0.432. The Morgan fingerprint density at radius 3 is 2.53 bits per heavy atom. The van der Waals surface area contributed by atoms with E-state index in [4.69, 9.17) is 30.2 Å². The molecule has 8 heteroatoms. The van der Waals surface area contributed by atoms with Crippen molar-refractivity contribution in [3.8, 4) is 23.0 Å². The lowest BCUT2D eigenvalue weighted by atomic mass is 10.2. The van der Waals surface area contributed by atoms with Crippen LogP contribution < -0.4 is 9.47 Å². The molecule has 0 unspecified atom stereocenters. The molecule has 7 nitrogen and oxygen atoms in total. The third-order valence-electron chi connectivity index (χ3n) is 3.94. The van der Waals surface area contributed by atoms with E-state index >= 15 is 0 Å². The van der Waals surface area contributed by atoms with E-state index in [-0.39, 0.29) is 12.5 Å². The predicted octanol–water partition coefficient (Wildman–Crippen LogP) is 5.18. The van der Waals surface area contributed by atoms with E-state index in [1.165, 1.54) is 0 Å². The highest BCUT2D eigenvalue weighted by atomic mass is 35.5. The first-order valence-electron chi connectivity index (χ1n) is 9.61. The van der Waals surface area contributed by atoms with Gasteiger partial charge in [0.2, 0.25) is 5.89 Å². The van der Waals surface area contributed by atoms with Crippen molar-refractivity contribution in [2.45, 2.75) is 27.4 Å². The molecule has 0 aliphatic carbocycles. The Bertz CT molecular complexity index is 985. The Morgan fingerprint density at radius 1 is 1.07 bits per heavy atom. The number of nitrogens with zero attached hydrogens (tertiary/aromatic N) is 2. The van der Waals surface area contributed by atoms with Crippen molar-refractivity contribution >= 4 is 17.6 Å². The molecule has 2 aromatic carbocycles. The summed E-state index contributed by atoms with van der Waals surface area (Å²) < 4.78 is 22.2. The first kappa shape index (κ1) is 21.6. The van der Waals surface area contributed by atoms with E-state index in [2.05, 4.69) is 24.0 Å². The molecule has 0 aliphatic rings. The second-order valence-corrected chi connectivity index (χ2v) is 7.32. The van der Waals surface area contributed by atoms with Crippen molar-refractivity contribution in [1.29, 1.82) is 0 Å². The van der Waals surface area contributed by atoms with E-state index in [9.17, 15) is 4.79 Å². The fourth-order valence-electron chi connectivity index (χ4n) is 2.51. The first-order chi connectivity index (χ1) is 14.5. The molecule has 3 aromatic rings. The lowest BCUT2D eigenvalue weighted by molar-refractivity contribution is 0.0438. The van der Waals surface area contributed by atoms with Crippen molar-refractivity contribution in [2.24, 2.45) is 5.92 Å². The minimum atomic E-state index is -0.530. The zero-order valence-electron chi connectivity index (χ0n) is 17.1. The molecule has 1 aromatic heterocycles. The maximum absolute atomic E-state index is 12.4. The molecular formula is C22H23ClN2O5. The number of carbonyl (C=O) groups excluding carboxylic acids is 1. The summed E-state index contributed by atoms with van der Waals surface area (Å²) in [6.07, 6.45) is 0. The fourth-order valence-corrected chi connectivity index (χ4v) is 2.64. The summed E-state index contributed by atoms with van der Waals surface area (Å²) in [6.45, 7) is 6.84. The van der Waals surface area contributed by atoms with Crippen LogP contribution in [0.5, 0.6) is 11.5 Å². The summed E-state index contributed by atoms with van der Waals surface area (Å²) in [6, 6.07) is 11.9. The van der Waals surface area contributed by atoms with Gasteiger partial charge in [0.1, 0.15) is 0 Å². The molecule has 0 fully saturated rings. The maximum atomic E-state index is 12.4. The van der Waals surface area contributed by atoms with Gasteiger partial charge in [-0.15, -0.1) is 10.2 Å². The Hall–Kier alpha value is -3.06. The zero-order chi connectivity index (χ0) is 21.5. The maximum Gasteiger partial charge on any atom is 0.338 e. The SMILES string of the molecule is CCOc1cc(C(=O)OCc2nnc(-c3ccc(Cl)cc3)o2)ccc1OCC(C)C. The number of aromatic nitrogens is 2. The number of carbonyl (C=O) groups is 1. The van der Waals surface area contributed by atoms with Gasteiger partial charge in [0.05, 0.1) is 18.8 Å². The van der Waals surface area contributed by atoms with Crippen molar-refractivity contribution in [2.75, 3.05) is 13.2 Å². The summed E-state index contributed by atoms with van der Waals surface area (Å²) in [5.74, 6) is 1.44. The van der Waals surface area contributed by atoms with E-state index in [0.29, 0.717) is 47.1 Å². The predicted molar refractivity (Wildman–Crippen MR) is 112 cm³/mol. The Kier molecular flexibility index (Phi) is 7.30. The summed E-state index contributed by atoms with van der Waals surface area (Å²) in [4.78, 5) is 12.4. The summed E-state index contributed by atoms with van der Waals surface area (Å²) in [7, 11) is 0. The van der Waals surface area contributed by atoms with Crippen molar-refractivity contribution in [3.05, 3.63) is 58.9 Å². The third kappa shape index (κ3) is 5.73. The molecule has 30 heavy (non-hydrogen) atoms. The van der Waals surface area contributed by atoms with E-state index in [1.807, 2.05) is 6.92 Å². The highest BCUT2D eigenvalue weighted by Gasteiger charge is 2.15. The molecule has 0 N–H and O–H groups in total. The molecular weight excluding hydrogens is 408 g/mol. The van der Waals surface area contributed by atoms with Crippen LogP contribution >= 0.6 is 11.6 Å². The average Bonchev–Trinajstić information content (AvgIpc) is 3.20. The van der Waals surface area contributed by atoms with Gasteiger partial charge < -0.3 is 18.6 Å². The molecule has 0 radical (unpaired) electrons. The van der Waals surface area contributed by atoms with Crippen LogP contribution in [0.25, 0.3) is 11.5 Å². The first-order valence-corrected chi connectivity index (χ1v) is 9.99. The standard InChI is InChI=1S/C22H23ClN2O5/c1-4-27-19-11-16(7-10-18(19)28-12-14(2)3)22(26)29-13-20-24-25-21(30-20)15-5-8-17(23)9-6-15/h5-11,14H,4,12-13H2,1-3H3. The largest absolute Gasteiger partial charge is 0.490 e. The lowest BCUT2D eigenvalue weighted by Crippen LogP contribution is -2.09. The number of hydrogen-bond acceptors (Lipinski definition) is 7. The molecule has 0 saturated carbocycles. The summed E-state index contributed by atoms with van der Waals surface area (Å²) in [5.41, 5.74) is 1.07. The number of halogens is 1. The Balaban J connectivity index is 1.64. The molecule has 158 valence electrons. The van der Waals surface area contributed by atoms with E-state index < -0.39 is 5.97 Å². The fraction of sp³-hybridized carbons (Fsp3) is 0.318. The molecule has 0 spiro atoms. The van der Waals surface area contributed by atoms with Gasteiger partial charge in [0, 0.05) is 10.6 Å². The summed E-state index contributed by atoms with van der Waals surface area (Å²) >= 11 is 5.88. The summed E-state index contributed by atoms with van der Waals surface area (Å²) in [5, 5.41) is 8.49. The number of rotatable bonds is 9. The van der Waals surface area contributed by atoms with Crippen molar-refractivity contribution < 1.29 is 23.4 Å². The average molecular weight is 431 g/mol. The van der Waals surface area contributed by atoms with Crippen LogP contribution in [-0.4, -0.2) is 29.4 Å². The number of ether oxygens (including phenoxy) is 3. The van der Waals surface area contributed by atoms with E-state index in [0.717, 1.165) is 5.56 Å². The second kappa shape index (κ2) is 10.1. The van der Waals surface area contributed by atoms with Crippen molar-refractivity contribution in [3.63, 3.8) is 0 Å². The van der Waals surface area contributed by atoms with Crippen molar-refractivity contribution in [1.82, 2.24) is 10.2 Å². The van der Waals surface area contributed by atoms with Crippen LogP contribution in [0.15, 0.2) is 46.9 Å². The number of benzene rings is 2. The highest BCUT2D eigenvalue weighted by Crippen LogP contribution is 2.29. The zero-order valence-corrected chi connectivity index (χ0v) is 17.8. The van der Waals surface area contributed by atoms with Crippen LogP contribution in [0.1, 0.15) is 37.0 Å². The highest BCUT2D eigenvalue weighted by molar-refractivity contribution is 6.30. The minimum absolute atomic E-state index is 0.144. The number of esters is 1. The topological polar surface area (TPSA) is 83.7 Å². The molecule has 0 atom stereocenters. The van der Waals surface area contributed by atoms with Gasteiger partial charge in [-0.3, -0.25) is 0 Å². The van der Waals surface area contributed by atoms with Gasteiger partial charge in [0.25, 0.3) is 5.89 Å². The van der Waals surface area contributed by atoms with Crippen LogP contribution in [0.2, 0.25) is 5.02 Å². The van der Waals surface area contributed by atoms with Crippen LogP contribution in [0.3, 0.4) is 0 Å². The normalized spacial score (nSPS) is 10.8. The van der Waals surface area contributed by atoms with Gasteiger partial charge in [-0.2, -0.15) is 0 Å². The molecule has 0 amide bonds.